The molecule has 0 saturated carbocycles. The Bertz CT molecular complexity index is 543. The van der Waals surface area contributed by atoms with E-state index in [0.29, 0.717) is 0 Å². The number of carbonyl (C=O) groups excluding carboxylic acids is 1. The fourth-order valence-corrected chi connectivity index (χ4v) is 2.63. The van der Waals surface area contributed by atoms with Crippen LogP contribution in [0.4, 0.5) is 0 Å². The van der Waals surface area contributed by atoms with Gasteiger partial charge in [0.05, 0.1) is 13.2 Å². The number of aliphatic carboxylic acids is 1. The first-order valence-electron chi connectivity index (χ1n) is 8.43. The fourth-order valence-electron chi connectivity index (χ4n) is 2.63. The maximum atomic E-state index is 10.00. The Hall–Kier alpha value is -1.30. The van der Waals surface area contributed by atoms with Crippen molar-refractivity contribution in [2.75, 3.05) is 19.8 Å². The first-order valence-corrected chi connectivity index (χ1v) is 8.43. The molecule has 1 unspecified atom stereocenters. The second kappa shape index (κ2) is 10.6. The van der Waals surface area contributed by atoms with Gasteiger partial charge in [-0.3, -0.25) is 4.79 Å². The van der Waals surface area contributed by atoms with Crippen molar-refractivity contribution in [3.8, 4) is 0 Å². The van der Waals surface area contributed by atoms with Crippen LogP contribution in [0.2, 0.25) is 0 Å². The van der Waals surface area contributed by atoms with E-state index < -0.39 is 86.4 Å². The Labute approximate surface area is 164 Å². The Balaban J connectivity index is 0.000000612. The molecular formula is C15H26O14. The third kappa shape index (κ3) is 5.65. The maximum Gasteiger partial charge on any atom is 0.371 e. The van der Waals surface area contributed by atoms with Crippen LogP contribution < -0.4 is 0 Å². The molecule has 2 rings (SSSR count). The van der Waals surface area contributed by atoms with Gasteiger partial charge in [-0.15, -0.1) is 0 Å². The quantitative estimate of drug-likeness (QED) is 0.178. The van der Waals surface area contributed by atoms with Crippen LogP contribution in [0, 0.1) is 0 Å². The number of carboxylic acids is 1. The molecule has 9 atom stereocenters. The number of ether oxygens (including phenoxy) is 3. The largest absolute Gasteiger partial charge is 0.476 e. The van der Waals surface area contributed by atoms with Crippen molar-refractivity contribution in [3.63, 3.8) is 0 Å². The summed E-state index contributed by atoms with van der Waals surface area (Å²) in [7, 11) is 0. The normalized spacial score (nSPS) is 42.1. The van der Waals surface area contributed by atoms with Gasteiger partial charge in [-0.1, -0.05) is 0 Å². The predicted molar refractivity (Wildman–Crippen MR) is 87.0 cm³/mol. The summed E-state index contributed by atoms with van der Waals surface area (Å²) >= 11 is 0. The summed E-state index contributed by atoms with van der Waals surface area (Å²) in [6.45, 7) is -1.32. The molecular weight excluding hydrogens is 404 g/mol. The van der Waals surface area contributed by atoms with Crippen LogP contribution in [0.15, 0.2) is 0 Å². The van der Waals surface area contributed by atoms with E-state index in [1.165, 1.54) is 0 Å². The van der Waals surface area contributed by atoms with Gasteiger partial charge in [-0.25, -0.2) is 4.79 Å². The zero-order chi connectivity index (χ0) is 22.5. The lowest BCUT2D eigenvalue weighted by atomic mass is 9.99. The number of carbonyl (C=O) groups is 2. The Morgan fingerprint density at radius 1 is 0.897 bits per heavy atom. The zero-order valence-corrected chi connectivity index (χ0v) is 15.3. The summed E-state index contributed by atoms with van der Waals surface area (Å²) in [5, 5.41) is 84.3. The molecule has 0 spiro atoms. The molecule has 0 aromatic heterocycles. The second-order valence-electron chi connectivity index (χ2n) is 6.42. The monoisotopic (exact) mass is 430 g/mol. The van der Waals surface area contributed by atoms with E-state index >= 15 is 0 Å². The van der Waals surface area contributed by atoms with Crippen molar-refractivity contribution < 1.29 is 69.8 Å². The van der Waals surface area contributed by atoms with Crippen molar-refractivity contribution in [2.45, 2.75) is 61.7 Å². The highest BCUT2D eigenvalue weighted by atomic mass is 16.8. The van der Waals surface area contributed by atoms with E-state index in [2.05, 4.69) is 0 Å². The highest BCUT2D eigenvalue weighted by Crippen LogP contribution is 2.35. The molecule has 2 fully saturated rings. The minimum Gasteiger partial charge on any atom is -0.476 e. The average molecular weight is 430 g/mol. The third-order valence-electron chi connectivity index (χ3n) is 4.37. The number of aliphatic hydroxyl groups excluding tert-OH is 8. The Morgan fingerprint density at radius 3 is 1.79 bits per heavy atom. The molecule has 14 nitrogen and oxygen atoms in total. The minimum atomic E-state index is -2.22. The van der Waals surface area contributed by atoms with Crippen LogP contribution in [0.5, 0.6) is 0 Å². The van der Waals surface area contributed by atoms with Gasteiger partial charge in [0.15, 0.2) is 6.29 Å². The molecule has 170 valence electrons. The minimum absolute atomic E-state index is 0.669. The van der Waals surface area contributed by atoms with E-state index in [1.54, 1.807) is 0 Å². The van der Waals surface area contributed by atoms with Crippen LogP contribution in [0.25, 0.3) is 0 Å². The summed E-state index contributed by atoms with van der Waals surface area (Å²) in [5.74, 6) is -4.43. The molecule has 0 radical (unpaired) electrons. The molecule has 0 aliphatic carbocycles. The summed E-state index contributed by atoms with van der Waals surface area (Å²) < 4.78 is 15.4. The van der Waals surface area contributed by atoms with Gasteiger partial charge in [-0.2, -0.15) is 0 Å². The smallest absolute Gasteiger partial charge is 0.371 e. The first-order chi connectivity index (χ1) is 13.4. The Morgan fingerprint density at radius 2 is 1.41 bits per heavy atom. The highest BCUT2D eigenvalue weighted by molar-refractivity contribution is 6.31. The molecule has 2 aliphatic rings. The van der Waals surface area contributed by atoms with Crippen molar-refractivity contribution >= 4 is 11.8 Å². The van der Waals surface area contributed by atoms with Gasteiger partial charge in [0.2, 0.25) is 11.6 Å². The van der Waals surface area contributed by atoms with Crippen LogP contribution in [-0.4, -0.2) is 132 Å². The van der Waals surface area contributed by atoms with Crippen LogP contribution >= 0.6 is 0 Å². The van der Waals surface area contributed by atoms with Gasteiger partial charge in [-0.05, 0) is 0 Å². The number of Topliss-reactive ketones (excluding diaryl/α,β-unsaturated/α-hetero) is 1. The van der Waals surface area contributed by atoms with Crippen molar-refractivity contribution in [3.05, 3.63) is 0 Å². The summed E-state index contributed by atoms with van der Waals surface area (Å²) in [6, 6.07) is 0. The molecule has 29 heavy (non-hydrogen) atoms. The molecule has 14 heteroatoms. The lowest BCUT2D eigenvalue weighted by Gasteiger charge is -2.43. The second-order valence-corrected chi connectivity index (χ2v) is 6.42. The van der Waals surface area contributed by atoms with Crippen LogP contribution in [0.1, 0.15) is 6.92 Å². The van der Waals surface area contributed by atoms with E-state index in [9.17, 15) is 40.2 Å². The van der Waals surface area contributed by atoms with Crippen LogP contribution in [-0.2, 0) is 23.8 Å². The molecule has 2 saturated heterocycles. The number of ketones is 1. The van der Waals surface area contributed by atoms with Gasteiger partial charge in [0.1, 0.15) is 49.3 Å². The first kappa shape index (κ1) is 25.7. The third-order valence-corrected chi connectivity index (χ3v) is 4.37. The number of hydrogen-bond donors (Lipinski definition) is 9. The summed E-state index contributed by atoms with van der Waals surface area (Å²) in [4.78, 5) is 18.9. The zero-order valence-electron chi connectivity index (χ0n) is 15.3. The molecule has 0 aromatic rings. The molecule has 0 amide bonds. The van der Waals surface area contributed by atoms with Crippen molar-refractivity contribution in [1.29, 1.82) is 0 Å². The predicted octanol–water partition coefficient (Wildman–Crippen LogP) is -5.74. The lowest BCUT2D eigenvalue weighted by Crippen LogP contribution is -2.62. The molecule has 2 heterocycles. The fraction of sp³-hybridized carbons (Fsp3) is 0.867. The SMILES string of the molecule is CC(=O)C(=O)O.OC[C@H]1OC(CO)(O[C@H]2O[C@H](CO)[C@@H](O)[C@H](O)[C@H]2O)[C@@H](O)[C@@H]1O. The Kier molecular flexibility index (Phi) is 9.45. The van der Waals surface area contributed by atoms with E-state index in [-0.39, 0.29) is 0 Å². The van der Waals surface area contributed by atoms with Gasteiger partial charge >= 0.3 is 5.97 Å². The van der Waals surface area contributed by atoms with Crippen molar-refractivity contribution in [1.82, 2.24) is 0 Å². The number of carboxylic acid groups (broad SMARTS) is 1. The summed E-state index contributed by atoms with van der Waals surface area (Å²) in [6.07, 6.45) is -12.7. The number of hydrogen-bond acceptors (Lipinski definition) is 13. The maximum absolute atomic E-state index is 10.00. The van der Waals surface area contributed by atoms with Gasteiger partial charge in [0, 0.05) is 6.92 Å². The molecule has 0 bridgehead atoms. The average Bonchev–Trinajstić information content (AvgIpc) is 2.93. The number of aliphatic hydroxyl groups is 8. The van der Waals surface area contributed by atoms with Crippen molar-refractivity contribution in [2.24, 2.45) is 0 Å². The molecule has 0 aromatic carbocycles. The van der Waals surface area contributed by atoms with Gasteiger partial charge < -0.3 is 60.2 Å². The van der Waals surface area contributed by atoms with E-state index in [0.717, 1.165) is 6.92 Å². The van der Waals surface area contributed by atoms with E-state index in [1.807, 2.05) is 0 Å². The summed E-state index contributed by atoms with van der Waals surface area (Å²) in [5.41, 5.74) is 0. The highest BCUT2D eigenvalue weighted by Gasteiger charge is 2.58. The van der Waals surface area contributed by atoms with Gasteiger partial charge in [0.25, 0.3) is 0 Å². The molecule has 2 aliphatic heterocycles. The number of rotatable bonds is 6. The van der Waals surface area contributed by atoms with Crippen LogP contribution in [0.3, 0.4) is 0 Å². The lowest BCUT2D eigenvalue weighted by molar-refractivity contribution is -0.383. The molecule has 9 N–H and O–H groups in total. The topological polar surface area (TPSA) is 244 Å². The van der Waals surface area contributed by atoms with E-state index in [4.69, 9.17) is 29.5 Å². The standard InChI is InChI=1S/C12H22O11.C3H4O3/c13-1-4-6(16)8(18)9(19)11(21-4)23-12(3-15)10(20)7(17)5(2-14)22-12;1-2(4)3(5)6/h4-11,13-20H,1-3H2;1H3,(H,5,6)/t4-,5-,6-,7-,8+,9-,10+,11-,12?;/m1./s1.